The van der Waals surface area contributed by atoms with Gasteiger partial charge in [0.1, 0.15) is 27.3 Å². The van der Waals surface area contributed by atoms with Crippen LogP contribution in [0.5, 0.6) is 0 Å². The van der Waals surface area contributed by atoms with Crippen molar-refractivity contribution in [2.75, 3.05) is 10.6 Å². The maximum Gasteiger partial charge on any atom is 0.419 e. The van der Waals surface area contributed by atoms with E-state index in [0.29, 0.717) is 12.1 Å². The molecule has 0 aromatic heterocycles. The van der Waals surface area contributed by atoms with Crippen molar-refractivity contribution in [3.05, 3.63) is 93.3 Å². The Labute approximate surface area is 268 Å². The number of alkyl halides is 5. The van der Waals surface area contributed by atoms with Gasteiger partial charge in [0.15, 0.2) is 5.82 Å². The Bertz CT molecular complexity index is 1690. The number of ether oxygens (including phenoxy) is 1. The van der Waals surface area contributed by atoms with Crippen LogP contribution in [0, 0.1) is 23.4 Å². The summed E-state index contributed by atoms with van der Waals surface area (Å²) in [5.74, 6) is -8.98. The van der Waals surface area contributed by atoms with Crippen LogP contribution < -0.4 is 10.6 Å². The smallest absolute Gasteiger partial charge is 0.419 e. The molecule has 3 aromatic rings. The summed E-state index contributed by atoms with van der Waals surface area (Å²) in [6.07, 6.45) is -5.55. The maximum absolute atomic E-state index is 15.2. The molecular weight excluding hydrogens is 673 g/mol. The highest BCUT2D eigenvalue weighted by molar-refractivity contribution is 6.53. The van der Waals surface area contributed by atoms with E-state index < -0.39 is 80.9 Å². The zero-order valence-corrected chi connectivity index (χ0v) is 25.8. The Kier molecular flexibility index (Phi) is 9.46. The van der Waals surface area contributed by atoms with Gasteiger partial charge in [0.2, 0.25) is 5.91 Å². The zero-order valence-electron chi connectivity index (χ0n) is 23.5. The second kappa shape index (κ2) is 12.4. The highest BCUT2D eigenvalue weighted by Gasteiger charge is 2.67. The van der Waals surface area contributed by atoms with Gasteiger partial charge in [-0.15, -0.1) is 23.2 Å². The van der Waals surface area contributed by atoms with Gasteiger partial charge in [0.05, 0.1) is 28.5 Å². The fourth-order valence-corrected chi connectivity index (χ4v) is 5.61. The van der Waals surface area contributed by atoms with E-state index in [4.69, 9.17) is 39.5 Å². The highest BCUT2D eigenvalue weighted by atomic mass is 35.5. The molecule has 4 rings (SSSR count). The molecule has 1 aliphatic carbocycles. The first-order valence-corrected chi connectivity index (χ1v) is 14.2. The van der Waals surface area contributed by atoms with Gasteiger partial charge in [-0.1, -0.05) is 23.7 Å². The first-order chi connectivity index (χ1) is 20.7. The third kappa shape index (κ3) is 7.67. The number of hydrogen-bond donors (Lipinski definition) is 2. The average Bonchev–Trinajstić information content (AvgIpc) is 3.49. The quantitative estimate of drug-likeness (QED) is 0.148. The number of amides is 2. The molecule has 3 aromatic carbocycles. The first kappa shape index (κ1) is 34.4. The minimum atomic E-state index is -5.00. The largest absolute Gasteiger partial charge is 0.460 e. The van der Waals surface area contributed by atoms with Crippen molar-refractivity contribution < 1.29 is 45.5 Å². The zero-order chi connectivity index (χ0) is 33.6. The monoisotopic (exact) mass is 694 g/mol. The number of carbonyl (C=O) groups is 3. The van der Waals surface area contributed by atoms with E-state index in [0.717, 1.165) is 24.3 Å². The topological polar surface area (TPSA) is 84.5 Å². The maximum atomic E-state index is 15.2. The van der Waals surface area contributed by atoms with E-state index >= 15 is 4.39 Å². The lowest BCUT2D eigenvalue weighted by molar-refractivity contribution is -0.154. The van der Waals surface area contributed by atoms with Crippen molar-refractivity contribution in [3.8, 4) is 0 Å². The molecule has 0 unspecified atom stereocenters. The van der Waals surface area contributed by atoms with Crippen LogP contribution in [0.3, 0.4) is 0 Å². The van der Waals surface area contributed by atoms with Gasteiger partial charge >= 0.3 is 12.1 Å². The van der Waals surface area contributed by atoms with Gasteiger partial charge in [0, 0.05) is 17.2 Å². The summed E-state index contributed by atoms with van der Waals surface area (Å²) in [6, 6.07) is 7.60. The van der Waals surface area contributed by atoms with Crippen molar-refractivity contribution in [1.29, 1.82) is 0 Å². The van der Waals surface area contributed by atoms with Crippen molar-refractivity contribution in [3.63, 3.8) is 0 Å². The fourth-order valence-electron chi connectivity index (χ4n) is 4.58. The molecule has 6 nitrogen and oxygen atoms in total. The number of hydrogen-bond acceptors (Lipinski definition) is 4. The average molecular weight is 696 g/mol. The summed E-state index contributed by atoms with van der Waals surface area (Å²) in [5.41, 5.74) is -4.00. The molecule has 1 aliphatic rings. The van der Waals surface area contributed by atoms with E-state index in [1.54, 1.807) is 20.8 Å². The molecule has 2 N–H and O–H groups in total. The lowest BCUT2D eigenvalue weighted by atomic mass is 10.0. The number of rotatable bonds is 7. The number of halogens is 9. The number of nitrogens with one attached hydrogen (secondary N) is 2. The molecule has 2 atom stereocenters. The Morgan fingerprint density at radius 3 is 2.18 bits per heavy atom. The van der Waals surface area contributed by atoms with Crippen LogP contribution in [0.25, 0.3) is 0 Å². The van der Waals surface area contributed by atoms with Crippen molar-refractivity contribution in [1.82, 2.24) is 0 Å². The van der Waals surface area contributed by atoms with E-state index in [9.17, 15) is 36.3 Å². The van der Waals surface area contributed by atoms with E-state index in [-0.39, 0.29) is 27.4 Å². The first-order valence-electron chi connectivity index (χ1n) is 13.1. The van der Waals surface area contributed by atoms with Gasteiger partial charge in [-0.05, 0) is 62.7 Å². The molecule has 0 spiro atoms. The van der Waals surface area contributed by atoms with Crippen molar-refractivity contribution >= 4 is 64.0 Å². The van der Waals surface area contributed by atoms with Crippen LogP contribution in [0.4, 0.5) is 37.7 Å². The third-order valence-corrected chi connectivity index (χ3v) is 7.90. The van der Waals surface area contributed by atoms with Crippen LogP contribution in [0.1, 0.15) is 53.7 Å². The number of anilines is 2. The molecule has 0 aliphatic heterocycles. The SMILES string of the molecule is CC(C)(C)OC(=O)Cc1ccc(F)c(NC(=O)c2cc(NC(=O)[C@H]3[C@H](c4ccc(F)c(C(F)(F)F)c4)C3(Cl)Cl)ccc2Cl)c1F. The summed E-state index contributed by atoms with van der Waals surface area (Å²) in [6.45, 7) is 4.84. The summed E-state index contributed by atoms with van der Waals surface area (Å²) in [5, 5.41) is 4.33. The van der Waals surface area contributed by atoms with Crippen molar-refractivity contribution in [2.45, 2.75) is 49.2 Å². The molecule has 0 heterocycles. The molecule has 240 valence electrons. The Balaban J connectivity index is 1.52. The van der Waals surface area contributed by atoms with Gasteiger partial charge in [0.25, 0.3) is 5.91 Å². The molecule has 2 amide bonds. The third-order valence-electron chi connectivity index (χ3n) is 6.63. The summed E-state index contributed by atoms with van der Waals surface area (Å²) >= 11 is 18.6. The second-order valence-electron chi connectivity index (χ2n) is 11.2. The Hall–Kier alpha value is -3.48. The van der Waals surface area contributed by atoms with Crippen LogP contribution in [0.2, 0.25) is 5.02 Å². The van der Waals surface area contributed by atoms with Gasteiger partial charge in [-0.3, -0.25) is 14.4 Å². The van der Waals surface area contributed by atoms with Gasteiger partial charge in [-0.25, -0.2) is 13.2 Å². The Morgan fingerprint density at radius 1 is 0.911 bits per heavy atom. The van der Waals surface area contributed by atoms with Gasteiger partial charge in [-0.2, -0.15) is 13.2 Å². The molecular formula is C30H23Cl3F6N2O4. The Morgan fingerprint density at radius 2 is 1.56 bits per heavy atom. The molecule has 45 heavy (non-hydrogen) atoms. The fraction of sp³-hybridized carbons (Fsp3) is 0.300. The molecule has 0 saturated heterocycles. The predicted octanol–water partition coefficient (Wildman–Crippen LogP) is 8.44. The second-order valence-corrected chi connectivity index (χ2v) is 13.0. The summed E-state index contributed by atoms with van der Waals surface area (Å²) in [4.78, 5) is 38.2. The minimum absolute atomic E-state index is 0.0426. The predicted molar refractivity (Wildman–Crippen MR) is 156 cm³/mol. The van der Waals surface area contributed by atoms with Crippen LogP contribution >= 0.6 is 34.8 Å². The number of benzene rings is 3. The molecule has 0 bridgehead atoms. The normalized spacial score (nSPS) is 17.4. The summed E-state index contributed by atoms with van der Waals surface area (Å²) < 4.78 is 86.4. The van der Waals surface area contributed by atoms with Gasteiger partial charge < -0.3 is 15.4 Å². The van der Waals surface area contributed by atoms with E-state index in [1.165, 1.54) is 12.1 Å². The lowest BCUT2D eigenvalue weighted by Gasteiger charge is -2.19. The molecule has 1 fully saturated rings. The lowest BCUT2D eigenvalue weighted by Crippen LogP contribution is -2.25. The number of carbonyl (C=O) groups excluding carboxylic acids is 3. The minimum Gasteiger partial charge on any atom is -0.460 e. The van der Waals surface area contributed by atoms with Crippen LogP contribution in [-0.4, -0.2) is 27.7 Å². The molecule has 1 saturated carbocycles. The van der Waals surface area contributed by atoms with E-state index in [2.05, 4.69) is 10.6 Å². The number of esters is 1. The van der Waals surface area contributed by atoms with Crippen LogP contribution in [0.15, 0.2) is 48.5 Å². The molecule has 0 radical (unpaired) electrons. The van der Waals surface area contributed by atoms with Crippen molar-refractivity contribution in [2.24, 2.45) is 5.92 Å². The standard InChI is InChI=1S/C30H23Cl3F6N2O4/c1-28(2,3)45-21(42)11-14-5-9-20(35)25(24(14)36)41-26(43)16-12-15(6-7-18(16)31)40-27(44)23-22(29(23,32)33)13-4-8-19(34)17(10-13)30(37,38)39/h4-10,12,22-23H,11H2,1-3H3,(H,40,44)(H,41,43)/t22-,23+/m0/s1. The van der Waals surface area contributed by atoms with E-state index in [1.807, 2.05) is 0 Å². The highest BCUT2D eigenvalue weighted by Crippen LogP contribution is 2.65. The molecule has 15 heteroatoms. The van der Waals surface area contributed by atoms with Crippen LogP contribution in [-0.2, 0) is 26.9 Å². The summed E-state index contributed by atoms with van der Waals surface area (Å²) in [7, 11) is 0.